The Bertz CT molecular complexity index is 467. The summed E-state index contributed by atoms with van der Waals surface area (Å²) in [5.74, 6) is 0.496. The predicted molar refractivity (Wildman–Crippen MR) is 71.4 cm³/mol. The Labute approximate surface area is 112 Å². The summed E-state index contributed by atoms with van der Waals surface area (Å²) in [4.78, 5) is 11.2. The van der Waals surface area contributed by atoms with Crippen molar-refractivity contribution in [3.05, 3.63) is 23.3 Å². The molecule has 0 atom stereocenters. The van der Waals surface area contributed by atoms with Gasteiger partial charge in [0.15, 0.2) is 11.5 Å². The summed E-state index contributed by atoms with van der Waals surface area (Å²) >= 11 is 0. The molecule has 19 heavy (non-hydrogen) atoms. The number of nitrogens with one attached hydrogen (secondary N) is 1. The zero-order valence-electron chi connectivity index (χ0n) is 11.2. The SMILES string of the molecule is COc1cc(C(=O)O)cc(C2CCNCC2)c1OC. The number of ether oxygens (including phenoxy) is 2. The molecular formula is C14H19NO4. The fourth-order valence-corrected chi connectivity index (χ4v) is 2.55. The molecule has 0 unspecified atom stereocenters. The zero-order valence-corrected chi connectivity index (χ0v) is 11.2. The number of aromatic carboxylic acids is 1. The average molecular weight is 265 g/mol. The van der Waals surface area contributed by atoms with Crippen LogP contribution in [0, 0.1) is 0 Å². The largest absolute Gasteiger partial charge is 0.493 e. The zero-order chi connectivity index (χ0) is 13.8. The van der Waals surface area contributed by atoms with Crippen LogP contribution in [-0.2, 0) is 0 Å². The minimum atomic E-state index is -0.948. The number of benzene rings is 1. The van der Waals surface area contributed by atoms with Gasteiger partial charge in [-0.3, -0.25) is 0 Å². The van der Waals surface area contributed by atoms with Crippen LogP contribution in [0.4, 0.5) is 0 Å². The molecule has 2 N–H and O–H groups in total. The van der Waals surface area contributed by atoms with Crippen molar-refractivity contribution in [1.29, 1.82) is 0 Å². The van der Waals surface area contributed by atoms with E-state index >= 15 is 0 Å². The summed E-state index contributed by atoms with van der Waals surface area (Å²) < 4.78 is 10.7. The third-order valence-electron chi connectivity index (χ3n) is 3.53. The standard InChI is InChI=1S/C14H19NO4/c1-18-12-8-10(14(16)17)7-11(13(12)19-2)9-3-5-15-6-4-9/h7-9,15H,3-6H2,1-2H3,(H,16,17). The van der Waals surface area contributed by atoms with E-state index in [0.29, 0.717) is 17.4 Å². The number of carboxylic acid groups (broad SMARTS) is 1. The van der Waals surface area contributed by atoms with E-state index in [-0.39, 0.29) is 5.56 Å². The van der Waals surface area contributed by atoms with Gasteiger partial charge < -0.3 is 19.9 Å². The summed E-state index contributed by atoms with van der Waals surface area (Å²) in [5.41, 5.74) is 1.17. The molecule has 0 amide bonds. The van der Waals surface area contributed by atoms with Gasteiger partial charge in [0.1, 0.15) is 0 Å². The highest BCUT2D eigenvalue weighted by atomic mass is 16.5. The van der Waals surface area contributed by atoms with E-state index in [0.717, 1.165) is 31.5 Å². The summed E-state index contributed by atoms with van der Waals surface area (Å²) in [6.07, 6.45) is 1.95. The lowest BCUT2D eigenvalue weighted by Gasteiger charge is -2.25. The van der Waals surface area contributed by atoms with Gasteiger partial charge in [0.2, 0.25) is 0 Å². The van der Waals surface area contributed by atoms with Gasteiger partial charge in [0.25, 0.3) is 0 Å². The van der Waals surface area contributed by atoms with Crippen LogP contribution in [0.3, 0.4) is 0 Å². The maximum Gasteiger partial charge on any atom is 0.335 e. The quantitative estimate of drug-likeness (QED) is 0.870. The van der Waals surface area contributed by atoms with Crippen LogP contribution < -0.4 is 14.8 Å². The first-order valence-electron chi connectivity index (χ1n) is 6.37. The van der Waals surface area contributed by atoms with Crippen molar-refractivity contribution in [3.8, 4) is 11.5 Å². The minimum Gasteiger partial charge on any atom is -0.493 e. The maximum absolute atomic E-state index is 11.2. The number of hydrogen-bond donors (Lipinski definition) is 2. The predicted octanol–water partition coefficient (Wildman–Crippen LogP) is 1.87. The molecule has 1 aliphatic rings. The smallest absolute Gasteiger partial charge is 0.335 e. The molecule has 1 fully saturated rings. The number of carboxylic acids is 1. The van der Waals surface area contributed by atoms with Crippen LogP contribution in [0.5, 0.6) is 11.5 Å². The molecule has 1 saturated heterocycles. The molecule has 104 valence electrons. The minimum absolute atomic E-state index is 0.242. The molecule has 1 aliphatic heterocycles. The summed E-state index contributed by atoms with van der Waals surface area (Å²) in [6.45, 7) is 1.88. The average Bonchev–Trinajstić information content (AvgIpc) is 2.46. The molecule has 0 spiro atoms. The lowest BCUT2D eigenvalue weighted by molar-refractivity contribution is 0.0696. The lowest BCUT2D eigenvalue weighted by atomic mass is 9.88. The molecule has 1 aromatic rings. The lowest BCUT2D eigenvalue weighted by Crippen LogP contribution is -2.27. The normalized spacial score (nSPS) is 16.1. The van der Waals surface area contributed by atoms with Gasteiger partial charge in [-0.1, -0.05) is 0 Å². The fraction of sp³-hybridized carbons (Fsp3) is 0.500. The number of rotatable bonds is 4. The van der Waals surface area contributed by atoms with Gasteiger partial charge in [-0.2, -0.15) is 0 Å². The van der Waals surface area contributed by atoms with Crippen LogP contribution >= 0.6 is 0 Å². The summed E-state index contributed by atoms with van der Waals surface area (Å²) in [7, 11) is 3.11. The second-order valence-corrected chi connectivity index (χ2v) is 4.63. The molecule has 1 heterocycles. The Morgan fingerprint density at radius 3 is 2.47 bits per heavy atom. The first-order chi connectivity index (χ1) is 9.17. The van der Waals surface area contributed by atoms with Crippen molar-refractivity contribution in [1.82, 2.24) is 5.32 Å². The maximum atomic E-state index is 11.2. The van der Waals surface area contributed by atoms with Crippen molar-refractivity contribution in [2.75, 3.05) is 27.3 Å². The molecule has 2 rings (SSSR count). The van der Waals surface area contributed by atoms with Gasteiger partial charge in [-0.15, -0.1) is 0 Å². The number of carbonyl (C=O) groups is 1. The van der Waals surface area contributed by atoms with Crippen molar-refractivity contribution in [2.45, 2.75) is 18.8 Å². The first-order valence-corrected chi connectivity index (χ1v) is 6.37. The number of methoxy groups -OCH3 is 2. The van der Waals surface area contributed by atoms with E-state index < -0.39 is 5.97 Å². The van der Waals surface area contributed by atoms with Crippen LogP contribution in [0.1, 0.15) is 34.7 Å². The molecule has 0 bridgehead atoms. The van der Waals surface area contributed by atoms with Crippen molar-refractivity contribution in [3.63, 3.8) is 0 Å². The highest BCUT2D eigenvalue weighted by Gasteiger charge is 2.23. The monoisotopic (exact) mass is 265 g/mol. The van der Waals surface area contributed by atoms with E-state index in [9.17, 15) is 9.90 Å². The van der Waals surface area contributed by atoms with Gasteiger partial charge in [0.05, 0.1) is 19.8 Å². The van der Waals surface area contributed by atoms with Crippen LogP contribution in [0.25, 0.3) is 0 Å². The van der Waals surface area contributed by atoms with E-state index in [4.69, 9.17) is 9.47 Å². The molecule has 0 saturated carbocycles. The third kappa shape index (κ3) is 2.81. The van der Waals surface area contributed by atoms with E-state index in [1.165, 1.54) is 13.2 Å². The Morgan fingerprint density at radius 2 is 1.95 bits per heavy atom. The molecule has 0 aromatic heterocycles. The molecule has 0 radical (unpaired) electrons. The van der Waals surface area contributed by atoms with E-state index in [1.807, 2.05) is 0 Å². The molecule has 5 nitrogen and oxygen atoms in total. The molecule has 5 heteroatoms. The fourth-order valence-electron chi connectivity index (χ4n) is 2.55. The topological polar surface area (TPSA) is 67.8 Å². The Balaban J connectivity index is 2.48. The highest BCUT2D eigenvalue weighted by molar-refractivity contribution is 5.89. The molecular weight excluding hydrogens is 246 g/mol. The van der Waals surface area contributed by atoms with Gasteiger partial charge in [-0.25, -0.2) is 4.79 Å². The molecule has 0 aliphatic carbocycles. The molecule has 1 aromatic carbocycles. The second kappa shape index (κ2) is 5.93. The summed E-state index contributed by atoms with van der Waals surface area (Å²) in [6, 6.07) is 3.21. The van der Waals surface area contributed by atoms with Gasteiger partial charge in [-0.05, 0) is 44.0 Å². The van der Waals surface area contributed by atoms with Crippen LogP contribution in [0.2, 0.25) is 0 Å². The Kier molecular flexibility index (Phi) is 4.27. The Morgan fingerprint density at radius 1 is 1.26 bits per heavy atom. The number of piperidine rings is 1. The Hall–Kier alpha value is -1.75. The number of hydrogen-bond acceptors (Lipinski definition) is 4. The third-order valence-corrected chi connectivity index (χ3v) is 3.53. The first kappa shape index (κ1) is 13.7. The van der Waals surface area contributed by atoms with Crippen LogP contribution in [0.15, 0.2) is 12.1 Å². The summed E-state index contributed by atoms with van der Waals surface area (Å²) in [5, 5.41) is 12.5. The van der Waals surface area contributed by atoms with Crippen molar-refractivity contribution >= 4 is 5.97 Å². The second-order valence-electron chi connectivity index (χ2n) is 4.63. The van der Waals surface area contributed by atoms with Crippen molar-refractivity contribution < 1.29 is 19.4 Å². The van der Waals surface area contributed by atoms with E-state index in [2.05, 4.69) is 5.32 Å². The highest BCUT2D eigenvalue weighted by Crippen LogP contribution is 2.40. The van der Waals surface area contributed by atoms with Gasteiger partial charge in [0, 0.05) is 5.56 Å². The van der Waals surface area contributed by atoms with Crippen molar-refractivity contribution in [2.24, 2.45) is 0 Å². The van der Waals surface area contributed by atoms with E-state index in [1.54, 1.807) is 13.2 Å². The van der Waals surface area contributed by atoms with Crippen LogP contribution in [-0.4, -0.2) is 38.4 Å². The van der Waals surface area contributed by atoms with Gasteiger partial charge >= 0.3 is 5.97 Å².